The Kier molecular flexibility index (Phi) is 3.62. The number of halogens is 2. The first-order valence-corrected chi connectivity index (χ1v) is 4.70. The van der Waals surface area contributed by atoms with Crippen LogP contribution in [0, 0.1) is 5.41 Å². The number of ether oxygens (including phenoxy) is 1. The lowest BCUT2D eigenvalue weighted by Gasteiger charge is -2.37. The van der Waals surface area contributed by atoms with Crippen molar-refractivity contribution in [3.05, 3.63) is 0 Å². The van der Waals surface area contributed by atoms with Crippen LogP contribution < -0.4 is 0 Å². The van der Waals surface area contributed by atoms with Crippen molar-refractivity contribution in [2.75, 3.05) is 13.1 Å². The molecule has 0 atom stereocenters. The Balaban J connectivity index is 2.21. The first kappa shape index (κ1) is 12.3. The minimum atomic E-state index is -2.77. The SMILES string of the molecule is CC(C)(C)C(=O)ON1CC(OC(F)F)C1. The van der Waals surface area contributed by atoms with Gasteiger partial charge in [0.2, 0.25) is 0 Å². The van der Waals surface area contributed by atoms with Gasteiger partial charge in [-0.25, -0.2) is 4.79 Å². The van der Waals surface area contributed by atoms with Crippen molar-refractivity contribution in [3.8, 4) is 0 Å². The number of hydrogen-bond donors (Lipinski definition) is 0. The third kappa shape index (κ3) is 3.71. The van der Waals surface area contributed by atoms with Gasteiger partial charge in [-0.3, -0.25) is 0 Å². The van der Waals surface area contributed by atoms with Crippen molar-refractivity contribution in [1.82, 2.24) is 5.06 Å². The fourth-order valence-electron chi connectivity index (χ4n) is 0.961. The Morgan fingerprint density at radius 2 is 1.93 bits per heavy atom. The first-order valence-electron chi connectivity index (χ1n) is 4.70. The summed E-state index contributed by atoms with van der Waals surface area (Å²) >= 11 is 0. The molecule has 0 spiro atoms. The van der Waals surface area contributed by atoms with Crippen LogP contribution in [-0.2, 0) is 14.4 Å². The molecule has 0 N–H and O–H groups in total. The smallest absolute Gasteiger partial charge is 0.345 e. The average molecular weight is 223 g/mol. The summed E-state index contributed by atoms with van der Waals surface area (Å²) in [5.41, 5.74) is -0.589. The molecule has 0 radical (unpaired) electrons. The summed E-state index contributed by atoms with van der Waals surface area (Å²) < 4.78 is 27.7. The van der Waals surface area contributed by atoms with E-state index in [4.69, 9.17) is 4.84 Å². The molecule has 0 aromatic rings. The van der Waals surface area contributed by atoms with Crippen molar-refractivity contribution in [1.29, 1.82) is 0 Å². The van der Waals surface area contributed by atoms with E-state index in [9.17, 15) is 13.6 Å². The Morgan fingerprint density at radius 1 is 1.40 bits per heavy atom. The van der Waals surface area contributed by atoms with Crippen molar-refractivity contribution in [2.24, 2.45) is 5.41 Å². The first-order chi connectivity index (χ1) is 6.79. The minimum Gasteiger partial charge on any atom is -0.367 e. The molecule has 1 aliphatic rings. The fraction of sp³-hybridized carbons (Fsp3) is 0.889. The lowest BCUT2D eigenvalue weighted by molar-refractivity contribution is -0.272. The molecule has 1 fully saturated rings. The van der Waals surface area contributed by atoms with Crippen molar-refractivity contribution < 1.29 is 23.1 Å². The van der Waals surface area contributed by atoms with Crippen LogP contribution in [0.15, 0.2) is 0 Å². The molecule has 0 saturated carbocycles. The van der Waals surface area contributed by atoms with Crippen LogP contribution in [0.4, 0.5) is 8.78 Å². The highest BCUT2D eigenvalue weighted by atomic mass is 19.3. The molecule has 1 saturated heterocycles. The molecular weight excluding hydrogens is 208 g/mol. The van der Waals surface area contributed by atoms with Crippen LogP contribution in [0.3, 0.4) is 0 Å². The molecule has 1 rings (SSSR count). The van der Waals surface area contributed by atoms with E-state index in [0.29, 0.717) is 0 Å². The van der Waals surface area contributed by atoms with Gasteiger partial charge in [0.1, 0.15) is 0 Å². The maximum absolute atomic E-state index is 11.7. The van der Waals surface area contributed by atoms with Gasteiger partial charge in [-0.15, -0.1) is 5.06 Å². The number of nitrogens with zero attached hydrogens (tertiary/aromatic N) is 1. The molecule has 0 amide bonds. The quantitative estimate of drug-likeness (QED) is 0.725. The lowest BCUT2D eigenvalue weighted by atomic mass is 9.98. The standard InChI is InChI=1S/C9H15F2NO3/c1-9(2,3)7(13)15-12-4-6(5-12)14-8(10)11/h6,8H,4-5H2,1-3H3. The number of carbonyl (C=O) groups excluding carboxylic acids is 1. The van der Waals surface area contributed by atoms with Crippen LogP contribution in [0.5, 0.6) is 0 Å². The van der Waals surface area contributed by atoms with E-state index in [2.05, 4.69) is 4.74 Å². The van der Waals surface area contributed by atoms with Gasteiger partial charge < -0.3 is 9.57 Å². The highest BCUT2D eigenvalue weighted by Crippen LogP contribution is 2.20. The summed E-state index contributed by atoms with van der Waals surface area (Å²) in [4.78, 5) is 16.3. The number of hydroxylamine groups is 2. The molecule has 0 aliphatic carbocycles. The summed E-state index contributed by atoms with van der Waals surface area (Å²) in [5.74, 6) is -0.377. The Morgan fingerprint density at radius 3 is 2.33 bits per heavy atom. The van der Waals surface area contributed by atoms with Gasteiger partial charge in [-0.05, 0) is 20.8 Å². The van der Waals surface area contributed by atoms with Gasteiger partial charge in [0.25, 0.3) is 0 Å². The van der Waals surface area contributed by atoms with E-state index >= 15 is 0 Å². The summed E-state index contributed by atoms with van der Waals surface area (Å²) in [7, 11) is 0. The predicted molar refractivity (Wildman–Crippen MR) is 48.0 cm³/mol. The fourth-order valence-corrected chi connectivity index (χ4v) is 0.961. The third-order valence-electron chi connectivity index (χ3n) is 1.93. The summed E-state index contributed by atoms with van der Waals surface area (Å²) in [6.45, 7) is 2.81. The van der Waals surface area contributed by atoms with Crippen LogP contribution in [-0.4, -0.2) is 36.8 Å². The van der Waals surface area contributed by atoms with Crippen molar-refractivity contribution in [3.63, 3.8) is 0 Å². The number of hydrogen-bond acceptors (Lipinski definition) is 4. The van der Waals surface area contributed by atoms with E-state index < -0.39 is 18.1 Å². The second-order valence-electron chi connectivity index (χ2n) is 4.49. The normalized spacial score (nSPS) is 19.1. The molecule has 4 nitrogen and oxygen atoms in total. The highest BCUT2D eigenvalue weighted by molar-refractivity contribution is 5.75. The zero-order chi connectivity index (χ0) is 11.6. The second-order valence-corrected chi connectivity index (χ2v) is 4.49. The van der Waals surface area contributed by atoms with E-state index in [1.54, 1.807) is 20.8 Å². The van der Waals surface area contributed by atoms with Gasteiger partial charge in [0.15, 0.2) is 0 Å². The van der Waals surface area contributed by atoms with Gasteiger partial charge in [0.05, 0.1) is 24.6 Å². The van der Waals surface area contributed by atoms with Crippen molar-refractivity contribution >= 4 is 5.97 Å². The van der Waals surface area contributed by atoms with Crippen molar-refractivity contribution in [2.45, 2.75) is 33.5 Å². The molecule has 1 heterocycles. The molecular formula is C9H15F2NO3. The monoisotopic (exact) mass is 223 g/mol. The largest absolute Gasteiger partial charge is 0.367 e. The summed E-state index contributed by atoms with van der Waals surface area (Å²) in [6, 6.07) is 0. The van der Waals surface area contributed by atoms with E-state index in [-0.39, 0.29) is 19.1 Å². The van der Waals surface area contributed by atoms with E-state index in [1.165, 1.54) is 5.06 Å². The number of alkyl halides is 2. The predicted octanol–water partition coefficient (Wildman–Crippen LogP) is 1.41. The van der Waals surface area contributed by atoms with Gasteiger partial charge in [0, 0.05) is 0 Å². The topological polar surface area (TPSA) is 38.8 Å². The van der Waals surface area contributed by atoms with E-state index in [1.807, 2.05) is 0 Å². The minimum absolute atomic E-state index is 0.201. The molecule has 6 heteroatoms. The molecule has 0 bridgehead atoms. The molecule has 0 aromatic heterocycles. The van der Waals surface area contributed by atoms with Crippen LogP contribution in [0.25, 0.3) is 0 Å². The maximum Gasteiger partial charge on any atom is 0.345 e. The Hall–Kier alpha value is -0.750. The highest BCUT2D eigenvalue weighted by Gasteiger charge is 2.35. The van der Waals surface area contributed by atoms with E-state index in [0.717, 1.165) is 0 Å². The molecule has 1 aliphatic heterocycles. The van der Waals surface area contributed by atoms with Gasteiger partial charge in [-0.1, -0.05) is 0 Å². The third-order valence-corrected chi connectivity index (χ3v) is 1.93. The van der Waals surface area contributed by atoms with Gasteiger partial charge >= 0.3 is 12.6 Å². The van der Waals surface area contributed by atoms with Crippen LogP contribution in [0.2, 0.25) is 0 Å². The summed E-state index contributed by atoms with van der Waals surface area (Å²) in [6.07, 6.45) is -0.544. The zero-order valence-electron chi connectivity index (χ0n) is 9.00. The Bertz CT molecular complexity index is 234. The molecule has 0 unspecified atom stereocenters. The second kappa shape index (κ2) is 4.40. The molecule has 0 aromatic carbocycles. The maximum atomic E-state index is 11.7. The van der Waals surface area contributed by atoms with Gasteiger partial charge in [-0.2, -0.15) is 8.78 Å². The van der Waals surface area contributed by atoms with Crippen LogP contribution >= 0.6 is 0 Å². The zero-order valence-corrected chi connectivity index (χ0v) is 9.00. The molecule has 15 heavy (non-hydrogen) atoms. The summed E-state index contributed by atoms with van der Waals surface area (Å²) in [5, 5.41) is 1.32. The lowest BCUT2D eigenvalue weighted by Crippen LogP contribution is -2.54. The molecule has 88 valence electrons. The average Bonchev–Trinajstić information content (AvgIpc) is 1.97. The Labute approximate surface area is 87.1 Å². The number of rotatable bonds is 3. The number of carbonyl (C=O) groups is 1. The van der Waals surface area contributed by atoms with Crippen LogP contribution in [0.1, 0.15) is 20.8 Å².